The lowest BCUT2D eigenvalue weighted by Crippen LogP contribution is -2.31. The van der Waals surface area contributed by atoms with Gasteiger partial charge in [0.05, 0.1) is 5.69 Å². The molecule has 4 nitrogen and oxygen atoms in total. The molecule has 1 aromatic heterocycles. The van der Waals surface area contributed by atoms with E-state index in [1.165, 1.54) is 24.8 Å². The van der Waals surface area contributed by atoms with Gasteiger partial charge in [0.2, 0.25) is 5.95 Å². The zero-order valence-corrected chi connectivity index (χ0v) is 10.9. The van der Waals surface area contributed by atoms with Crippen molar-refractivity contribution >= 4 is 5.95 Å². The highest BCUT2D eigenvalue weighted by Gasteiger charge is 2.14. The van der Waals surface area contributed by atoms with E-state index < -0.39 is 0 Å². The summed E-state index contributed by atoms with van der Waals surface area (Å²) < 4.78 is 0. The molecule has 0 aliphatic carbocycles. The third-order valence-electron chi connectivity index (χ3n) is 3.25. The summed E-state index contributed by atoms with van der Waals surface area (Å²) in [4.78, 5) is 11.4. The van der Waals surface area contributed by atoms with Crippen molar-refractivity contribution in [2.45, 2.75) is 39.7 Å². The molecule has 1 aromatic rings. The van der Waals surface area contributed by atoms with Crippen molar-refractivity contribution in [2.75, 3.05) is 24.5 Å². The minimum absolute atomic E-state index is 0.839. The maximum atomic E-state index is 4.69. The van der Waals surface area contributed by atoms with E-state index in [0.717, 1.165) is 37.8 Å². The van der Waals surface area contributed by atoms with Crippen molar-refractivity contribution in [2.24, 2.45) is 0 Å². The van der Waals surface area contributed by atoms with Crippen LogP contribution in [0, 0.1) is 6.92 Å². The van der Waals surface area contributed by atoms with Crippen LogP contribution in [0.4, 0.5) is 5.95 Å². The lowest BCUT2D eigenvalue weighted by Gasteiger charge is -2.27. The molecule has 0 unspecified atom stereocenters. The van der Waals surface area contributed by atoms with Crippen LogP contribution in [0.1, 0.15) is 37.4 Å². The average Bonchev–Trinajstić information content (AvgIpc) is 2.39. The van der Waals surface area contributed by atoms with E-state index in [-0.39, 0.29) is 0 Å². The molecular formula is C13H22N4. The van der Waals surface area contributed by atoms with Crippen LogP contribution in [0.2, 0.25) is 0 Å². The fourth-order valence-electron chi connectivity index (χ4n) is 2.14. The maximum absolute atomic E-state index is 4.69. The Hall–Kier alpha value is -1.16. The molecular weight excluding hydrogens is 212 g/mol. The smallest absolute Gasteiger partial charge is 0.225 e. The third-order valence-corrected chi connectivity index (χ3v) is 3.25. The molecule has 1 aliphatic rings. The number of hydrogen-bond donors (Lipinski definition) is 1. The first-order valence-electron chi connectivity index (χ1n) is 6.59. The van der Waals surface area contributed by atoms with Gasteiger partial charge in [-0.1, -0.05) is 6.92 Å². The van der Waals surface area contributed by atoms with Gasteiger partial charge < -0.3 is 10.2 Å². The molecule has 0 saturated carbocycles. The van der Waals surface area contributed by atoms with Crippen molar-refractivity contribution in [3.8, 4) is 0 Å². The third kappa shape index (κ3) is 3.16. The van der Waals surface area contributed by atoms with Gasteiger partial charge in [0.15, 0.2) is 0 Å². The molecule has 0 spiro atoms. The maximum Gasteiger partial charge on any atom is 0.225 e. The van der Waals surface area contributed by atoms with Gasteiger partial charge in [0.25, 0.3) is 0 Å². The first-order chi connectivity index (χ1) is 8.31. The highest BCUT2D eigenvalue weighted by molar-refractivity contribution is 5.33. The Morgan fingerprint density at radius 3 is 2.76 bits per heavy atom. The Labute approximate surface area is 103 Å². The Kier molecular flexibility index (Phi) is 4.31. The van der Waals surface area contributed by atoms with Crippen molar-refractivity contribution in [3.63, 3.8) is 0 Å². The van der Waals surface area contributed by atoms with Gasteiger partial charge >= 0.3 is 0 Å². The van der Waals surface area contributed by atoms with Gasteiger partial charge in [-0.2, -0.15) is 0 Å². The molecule has 17 heavy (non-hydrogen) atoms. The van der Waals surface area contributed by atoms with Crippen LogP contribution >= 0.6 is 0 Å². The normalized spacial score (nSPS) is 16.2. The van der Waals surface area contributed by atoms with E-state index in [4.69, 9.17) is 0 Å². The number of rotatable bonds is 4. The number of aryl methyl sites for hydroxylation is 1. The van der Waals surface area contributed by atoms with Gasteiger partial charge in [-0.15, -0.1) is 0 Å². The van der Waals surface area contributed by atoms with Crippen LogP contribution in [0.15, 0.2) is 6.20 Å². The predicted molar refractivity (Wildman–Crippen MR) is 70.2 cm³/mol. The molecule has 2 heterocycles. The van der Waals surface area contributed by atoms with Gasteiger partial charge in [0.1, 0.15) is 0 Å². The number of hydrogen-bond acceptors (Lipinski definition) is 4. The quantitative estimate of drug-likeness (QED) is 0.863. The molecule has 94 valence electrons. The Morgan fingerprint density at radius 2 is 2.06 bits per heavy atom. The summed E-state index contributed by atoms with van der Waals surface area (Å²) in [5.74, 6) is 0.906. The number of anilines is 1. The first kappa shape index (κ1) is 12.3. The minimum Gasteiger partial charge on any atom is -0.341 e. The Balaban J connectivity index is 2.11. The second-order valence-electron chi connectivity index (χ2n) is 4.63. The lowest BCUT2D eigenvalue weighted by atomic mass is 10.1. The van der Waals surface area contributed by atoms with Crippen LogP contribution < -0.4 is 10.2 Å². The predicted octanol–water partition coefficient (Wildman–Crippen LogP) is 1.88. The molecule has 0 amide bonds. The number of nitrogens with zero attached hydrogens (tertiary/aromatic N) is 3. The average molecular weight is 234 g/mol. The SMILES string of the molecule is CCNCc1nc(N2CCCCC2)ncc1C. The molecule has 1 fully saturated rings. The van der Waals surface area contributed by atoms with Gasteiger partial charge in [0, 0.05) is 25.8 Å². The molecule has 1 saturated heterocycles. The molecule has 0 aromatic carbocycles. The fourth-order valence-corrected chi connectivity index (χ4v) is 2.14. The van der Waals surface area contributed by atoms with Crippen LogP contribution in [0.25, 0.3) is 0 Å². The van der Waals surface area contributed by atoms with Gasteiger partial charge in [-0.05, 0) is 38.3 Å². The second kappa shape index (κ2) is 5.96. The highest BCUT2D eigenvalue weighted by Crippen LogP contribution is 2.16. The summed E-state index contributed by atoms with van der Waals surface area (Å²) in [6.45, 7) is 8.20. The molecule has 0 radical (unpaired) electrons. The summed E-state index contributed by atoms with van der Waals surface area (Å²) in [6, 6.07) is 0. The van der Waals surface area contributed by atoms with E-state index in [1.807, 2.05) is 6.20 Å². The first-order valence-corrected chi connectivity index (χ1v) is 6.59. The Bertz CT molecular complexity index is 358. The van der Waals surface area contributed by atoms with Crippen molar-refractivity contribution in [1.29, 1.82) is 0 Å². The highest BCUT2D eigenvalue weighted by atomic mass is 15.3. The van der Waals surface area contributed by atoms with Crippen LogP contribution in [0.5, 0.6) is 0 Å². The van der Waals surface area contributed by atoms with Crippen molar-refractivity contribution in [3.05, 3.63) is 17.5 Å². The zero-order valence-electron chi connectivity index (χ0n) is 10.9. The van der Waals surface area contributed by atoms with Gasteiger partial charge in [-0.25, -0.2) is 9.97 Å². The molecule has 0 atom stereocenters. The summed E-state index contributed by atoms with van der Waals surface area (Å²) in [5.41, 5.74) is 2.30. The van der Waals surface area contributed by atoms with Crippen molar-refractivity contribution < 1.29 is 0 Å². The van der Waals surface area contributed by atoms with E-state index in [1.54, 1.807) is 0 Å². The molecule has 0 bridgehead atoms. The van der Waals surface area contributed by atoms with E-state index in [9.17, 15) is 0 Å². The lowest BCUT2D eigenvalue weighted by molar-refractivity contribution is 0.566. The number of piperidine rings is 1. The van der Waals surface area contributed by atoms with Crippen LogP contribution in [0.3, 0.4) is 0 Å². The largest absolute Gasteiger partial charge is 0.341 e. The van der Waals surface area contributed by atoms with E-state index in [0.29, 0.717) is 0 Å². The molecule has 4 heteroatoms. The molecule has 1 N–H and O–H groups in total. The standard InChI is InChI=1S/C13H22N4/c1-3-14-10-12-11(2)9-15-13(16-12)17-7-5-4-6-8-17/h9,14H,3-8,10H2,1-2H3. The van der Waals surface area contributed by atoms with Crippen LogP contribution in [-0.4, -0.2) is 29.6 Å². The zero-order chi connectivity index (χ0) is 12.1. The number of aromatic nitrogens is 2. The second-order valence-corrected chi connectivity index (χ2v) is 4.63. The van der Waals surface area contributed by atoms with Crippen LogP contribution in [-0.2, 0) is 6.54 Å². The Morgan fingerprint density at radius 1 is 1.29 bits per heavy atom. The monoisotopic (exact) mass is 234 g/mol. The van der Waals surface area contributed by atoms with Crippen molar-refractivity contribution in [1.82, 2.24) is 15.3 Å². The summed E-state index contributed by atoms with van der Waals surface area (Å²) in [5, 5.41) is 3.33. The summed E-state index contributed by atoms with van der Waals surface area (Å²) in [6.07, 6.45) is 5.82. The van der Waals surface area contributed by atoms with Gasteiger partial charge in [-0.3, -0.25) is 0 Å². The molecule has 2 rings (SSSR count). The minimum atomic E-state index is 0.839. The summed E-state index contributed by atoms with van der Waals surface area (Å²) in [7, 11) is 0. The van der Waals surface area contributed by atoms with E-state index in [2.05, 4.69) is 34.0 Å². The summed E-state index contributed by atoms with van der Waals surface area (Å²) >= 11 is 0. The fraction of sp³-hybridized carbons (Fsp3) is 0.692. The number of nitrogens with one attached hydrogen (secondary N) is 1. The molecule has 1 aliphatic heterocycles. The topological polar surface area (TPSA) is 41.1 Å². The van der Waals surface area contributed by atoms with E-state index >= 15 is 0 Å².